The van der Waals surface area contributed by atoms with Crippen LogP contribution in [0.4, 0.5) is 0 Å². The molecule has 0 radical (unpaired) electrons. The van der Waals surface area contributed by atoms with E-state index in [0.29, 0.717) is 0 Å². The molecule has 96 valence electrons. The summed E-state index contributed by atoms with van der Waals surface area (Å²) in [5.41, 5.74) is 0.663. The number of para-hydroxylation sites is 1. The van der Waals surface area contributed by atoms with Gasteiger partial charge in [0.2, 0.25) is 0 Å². The molecule has 0 aromatic heterocycles. The van der Waals surface area contributed by atoms with E-state index >= 15 is 0 Å². The van der Waals surface area contributed by atoms with Gasteiger partial charge < -0.3 is 9.84 Å². The molecular formula is C15H24O2. The summed E-state index contributed by atoms with van der Waals surface area (Å²) in [5, 5.41) is 10.1. The number of aliphatic hydroxyl groups is 1. The quantitative estimate of drug-likeness (QED) is 0.834. The van der Waals surface area contributed by atoms with E-state index in [9.17, 15) is 5.11 Å². The van der Waals surface area contributed by atoms with Crippen molar-refractivity contribution >= 4 is 0 Å². The zero-order valence-electron chi connectivity index (χ0n) is 11.4. The van der Waals surface area contributed by atoms with Crippen LogP contribution in [0.15, 0.2) is 24.3 Å². The molecule has 0 bridgehead atoms. The van der Waals surface area contributed by atoms with Crippen molar-refractivity contribution in [1.29, 1.82) is 0 Å². The highest BCUT2D eigenvalue weighted by atomic mass is 16.5. The highest BCUT2D eigenvalue weighted by Crippen LogP contribution is 2.30. The van der Waals surface area contributed by atoms with Crippen LogP contribution in [0.5, 0.6) is 5.75 Å². The van der Waals surface area contributed by atoms with Gasteiger partial charge in [0.1, 0.15) is 11.4 Å². The molecule has 0 aliphatic carbocycles. The Morgan fingerprint density at radius 1 is 1.24 bits per heavy atom. The number of unbranched alkanes of at least 4 members (excludes halogenated alkanes) is 1. The molecular weight excluding hydrogens is 212 g/mol. The van der Waals surface area contributed by atoms with Gasteiger partial charge in [-0.25, -0.2) is 0 Å². The molecule has 1 aromatic carbocycles. The zero-order valence-corrected chi connectivity index (χ0v) is 11.4. The second kappa shape index (κ2) is 6.06. The van der Waals surface area contributed by atoms with Gasteiger partial charge in [-0.15, -0.1) is 0 Å². The van der Waals surface area contributed by atoms with Gasteiger partial charge in [0.15, 0.2) is 0 Å². The fourth-order valence-electron chi connectivity index (χ4n) is 1.73. The third-order valence-corrected chi connectivity index (χ3v) is 2.53. The summed E-state index contributed by atoms with van der Waals surface area (Å²) in [7, 11) is 0. The Bertz CT molecular complexity index is 339. The second-order valence-electron chi connectivity index (χ2n) is 5.41. The lowest BCUT2D eigenvalue weighted by Crippen LogP contribution is -2.24. The minimum Gasteiger partial charge on any atom is -0.488 e. The minimum atomic E-state index is -0.423. The first-order chi connectivity index (χ1) is 7.94. The predicted molar refractivity (Wildman–Crippen MR) is 71.3 cm³/mol. The fraction of sp³-hybridized carbons (Fsp3) is 0.600. The SMILES string of the molecule is CCCCC(O)c1ccccc1OC(C)(C)C. The maximum absolute atomic E-state index is 10.1. The third kappa shape index (κ3) is 4.78. The zero-order chi connectivity index (χ0) is 12.9. The third-order valence-electron chi connectivity index (χ3n) is 2.53. The topological polar surface area (TPSA) is 29.5 Å². The van der Waals surface area contributed by atoms with Crippen LogP contribution in [0.25, 0.3) is 0 Å². The van der Waals surface area contributed by atoms with E-state index in [1.54, 1.807) is 0 Å². The van der Waals surface area contributed by atoms with E-state index in [4.69, 9.17) is 4.74 Å². The summed E-state index contributed by atoms with van der Waals surface area (Å²) >= 11 is 0. The molecule has 1 atom stereocenters. The number of hydrogen-bond donors (Lipinski definition) is 1. The summed E-state index contributed by atoms with van der Waals surface area (Å²) in [4.78, 5) is 0. The Labute approximate surface area is 105 Å². The molecule has 17 heavy (non-hydrogen) atoms. The van der Waals surface area contributed by atoms with Gasteiger partial charge in [-0.1, -0.05) is 38.0 Å². The number of rotatable bonds is 5. The standard InChI is InChI=1S/C15H24O2/c1-5-6-10-13(16)12-9-7-8-11-14(12)17-15(2,3)4/h7-9,11,13,16H,5-6,10H2,1-4H3. The summed E-state index contributed by atoms with van der Waals surface area (Å²) in [5.74, 6) is 0.795. The average Bonchev–Trinajstić information content (AvgIpc) is 2.24. The van der Waals surface area contributed by atoms with Crippen LogP contribution in [0.3, 0.4) is 0 Å². The summed E-state index contributed by atoms with van der Waals surface area (Å²) < 4.78 is 5.87. The first-order valence-electron chi connectivity index (χ1n) is 6.40. The summed E-state index contributed by atoms with van der Waals surface area (Å²) in [6.45, 7) is 8.18. The van der Waals surface area contributed by atoms with E-state index in [1.807, 2.05) is 45.0 Å². The lowest BCUT2D eigenvalue weighted by atomic mass is 10.0. The van der Waals surface area contributed by atoms with Crippen LogP contribution < -0.4 is 4.74 Å². The molecule has 2 nitrogen and oxygen atoms in total. The molecule has 0 spiro atoms. The van der Waals surface area contributed by atoms with Crippen molar-refractivity contribution in [2.45, 2.75) is 58.7 Å². The average molecular weight is 236 g/mol. The Hall–Kier alpha value is -1.02. The molecule has 0 aliphatic rings. The van der Waals surface area contributed by atoms with Crippen molar-refractivity contribution < 1.29 is 9.84 Å². The van der Waals surface area contributed by atoms with E-state index in [0.717, 1.165) is 30.6 Å². The van der Waals surface area contributed by atoms with Crippen molar-refractivity contribution in [3.63, 3.8) is 0 Å². The molecule has 0 saturated heterocycles. The van der Waals surface area contributed by atoms with Crippen molar-refractivity contribution in [3.8, 4) is 5.75 Å². The van der Waals surface area contributed by atoms with Crippen molar-refractivity contribution in [1.82, 2.24) is 0 Å². The fourth-order valence-corrected chi connectivity index (χ4v) is 1.73. The molecule has 1 aromatic rings. The lowest BCUT2D eigenvalue weighted by molar-refractivity contribution is 0.115. The Morgan fingerprint density at radius 2 is 1.88 bits per heavy atom. The van der Waals surface area contributed by atoms with Crippen LogP contribution >= 0.6 is 0 Å². The van der Waals surface area contributed by atoms with Crippen LogP contribution in [0.1, 0.15) is 58.6 Å². The summed E-state index contributed by atoms with van der Waals surface area (Å²) in [6.07, 6.45) is 2.50. The predicted octanol–water partition coefficient (Wildman–Crippen LogP) is 4.09. The molecule has 0 heterocycles. The van der Waals surface area contributed by atoms with E-state index in [-0.39, 0.29) is 5.60 Å². The number of hydrogen-bond acceptors (Lipinski definition) is 2. The molecule has 2 heteroatoms. The molecule has 1 unspecified atom stereocenters. The van der Waals surface area contributed by atoms with Crippen molar-refractivity contribution in [2.24, 2.45) is 0 Å². The summed E-state index contributed by atoms with van der Waals surface area (Å²) in [6, 6.07) is 7.76. The number of ether oxygens (including phenoxy) is 1. The van der Waals surface area contributed by atoms with Crippen LogP contribution in [0.2, 0.25) is 0 Å². The molecule has 1 N–H and O–H groups in total. The first-order valence-corrected chi connectivity index (χ1v) is 6.40. The number of benzene rings is 1. The lowest BCUT2D eigenvalue weighted by Gasteiger charge is -2.24. The minimum absolute atomic E-state index is 0.236. The smallest absolute Gasteiger partial charge is 0.125 e. The Balaban J connectivity index is 2.83. The Morgan fingerprint density at radius 3 is 2.47 bits per heavy atom. The van der Waals surface area contributed by atoms with Gasteiger partial charge in [0.25, 0.3) is 0 Å². The highest BCUT2D eigenvalue weighted by molar-refractivity contribution is 5.35. The van der Waals surface area contributed by atoms with Gasteiger partial charge in [0, 0.05) is 5.56 Å². The Kier molecular flexibility index (Phi) is 5.01. The molecule has 1 rings (SSSR count). The van der Waals surface area contributed by atoms with Crippen LogP contribution in [-0.2, 0) is 0 Å². The van der Waals surface area contributed by atoms with Crippen molar-refractivity contribution in [2.75, 3.05) is 0 Å². The largest absolute Gasteiger partial charge is 0.488 e. The maximum atomic E-state index is 10.1. The maximum Gasteiger partial charge on any atom is 0.125 e. The van der Waals surface area contributed by atoms with E-state index < -0.39 is 6.10 Å². The van der Waals surface area contributed by atoms with Gasteiger partial charge in [-0.2, -0.15) is 0 Å². The molecule has 0 amide bonds. The number of aliphatic hydroxyl groups excluding tert-OH is 1. The van der Waals surface area contributed by atoms with E-state index in [1.165, 1.54) is 0 Å². The molecule has 0 fully saturated rings. The van der Waals surface area contributed by atoms with Gasteiger partial charge in [-0.05, 0) is 33.3 Å². The van der Waals surface area contributed by atoms with Crippen LogP contribution in [-0.4, -0.2) is 10.7 Å². The monoisotopic (exact) mass is 236 g/mol. The van der Waals surface area contributed by atoms with Crippen molar-refractivity contribution in [3.05, 3.63) is 29.8 Å². The molecule has 0 aliphatic heterocycles. The van der Waals surface area contributed by atoms with Crippen LogP contribution in [0, 0.1) is 0 Å². The highest BCUT2D eigenvalue weighted by Gasteiger charge is 2.17. The van der Waals surface area contributed by atoms with Gasteiger partial charge in [-0.3, -0.25) is 0 Å². The first kappa shape index (κ1) is 14.0. The van der Waals surface area contributed by atoms with Gasteiger partial charge >= 0.3 is 0 Å². The normalized spacial score (nSPS) is 13.5. The van der Waals surface area contributed by atoms with Gasteiger partial charge in [0.05, 0.1) is 6.10 Å². The van der Waals surface area contributed by atoms with E-state index in [2.05, 4.69) is 6.92 Å². The second-order valence-corrected chi connectivity index (χ2v) is 5.41. The molecule has 0 saturated carbocycles.